The molecular weight excluding hydrogens is 326 g/mol. The van der Waals surface area contributed by atoms with Gasteiger partial charge in [-0.1, -0.05) is 12.1 Å². The van der Waals surface area contributed by atoms with E-state index in [1.165, 1.54) is 5.56 Å². The number of fused-ring (bicyclic) bond motifs is 1. The molecule has 6 nitrogen and oxygen atoms in total. The quantitative estimate of drug-likeness (QED) is 0.500. The maximum atomic E-state index is 12.3. The smallest absolute Gasteiger partial charge is 0.258 e. The van der Waals surface area contributed by atoms with Crippen LogP contribution in [0.15, 0.2) is 66.9 Å². The van der Waals surface area contributed by atoms with Crippen molar-refractivity contribution in [2.75, 3.05) is 16.4 Å². The molecule has 0 bridgehead atoms. The SMILES string of the molecule is CC(Nc1ccc(Cn2ccnc2)cc1)=C1C(=O)Nc2ccc(N)cc21. The molecule has 1 aromatic heterocycles. The van der Waals surface area contributed by atoms with Gasteiger partial charge in [-0.2, -0.15) is 0 Å². The van der Waals surface area contributed by atoms with Crippen LogP contribution >= 0.6 is 0 Å². The van der Waals surface area contributed by atoms with Gasteiger partial charge in [0.25, 0.3) is 5.91 Å². The van der Waals surface area contributed by atoms with Crippen molar-refractivity contribution < 1.29 is 4.79 Å². The van der Waals surface area contributed by atoms with E-state index in [0.717, 1.165) is 29.2 Å². The van der Waals surface area contributed by atoms with Crippen LogP contribution in [-0.2, 0) is 11.3 Å². The molecule has 1 aliphatic rings. The fourth-order valence-corrected chi connectivity index (χ4v) is 3.12. The molecule has 4 N–H and O–H groups in total. The van der Waals surface area contributed by atoms with Crippen molar-refractivity contribution in [3.63, 3.8) is 0 Å². The molecule has 2 aromatic carbocycles. The Morgan fingerprint density at radius 3 is 2.77 bits per heavy atom. The van der Waals surface area contributed by atoms with E-state index in [2.05, 4.69) is 27.8 Å². The number of benzene rings is 2. The number of nitrogens with two attached hydrogens (primary N) is 1. The molecule has 2 heterocycles. The molecule has 0 saturated carbocycles. The molecule has 26 heavy (non-hydrogen) atoms. The summed E-state index contributed by atoms with van der Waals surface area (Å²) in [7, 11) is 0. The van der Waals surface area contributed by atoms with Gasteiger partial charge in [-0.05, 0) is 42.8 Å². The van der Waals surface area contributed by atoms with Crippen LogP contribution < -0.4 is 16.4 Å². The van der Waals surface area contributed by atoms with Crippen LogP contribution in [0.2, 0.25) is 0 Å². The number of aromatic nitrogens is 2. The first-order valence-electron chi connectivity index (χ1n) is 8.34. The van der Waals surface area contributed by atoms with E-state index in [1.807, 2.05) is 42.0 Å². The Hall–Kier alpha value is -3.54. The summed E-state index contributed by atoms with van der Waals surface area (Å²) in [5.74, 6) is -0.118. The van der Waals surface area contributed by atoms with Crippen molar-refractivity contribution in [1.29, 1.82) is 0 Å². The Kier molecular flexibility index (Phi) is 3.93. The van der Waals surface area contributed by atoms with Gasteiger partial charge in [-0.15, -0.1) is 0 Å². The second kappa shape index (κ2) is 6.40. The molecule has 0 aliphatic carbocycles. The normalized spacial score (nSPS) is 14.7. The first-order chi connectivity index (χ1) is 12.6. The van der Waals surface area contributed by atoms with E-state index in [0.29, 0.717) is 11.3 Å². The van der Waals surface area contributed by atoms with Gasteiger partial charge in [0.2, 0.25) is 0 Å². The lowest BCUT2D eigenvalue weighted by Gasteiger charge is -2.11. The fraction of sp³-hybridized carbons (Fsp3) is 0.100. The van der Waals surface area contributed by atoms with Crippen LogP contribution in [0.1, 0.15) is 18.1 Å². The predicted octanol–water partition coefficient (Wildman–Crippen LogP) is 3.31. The average Bonchev–Trinajstić information content (AvgIpc) is 3.23. The number of carbonyl (C=O) groups is 1. The third-order valence-corrected chi connectivity index (χ3v) is 4.37. The summed E-state index contributed by atoms with van der Waals surface area (Å²) in [5.41, 5.74) is 11.6. The molecule has 6 heteroatoms. The zero-order chi connectivity index (χ0) is 18.1. The van der Waals surface area contributed by atoms with Crippen LogP contribution in [0, 0.1) is 0 Å². The van der Waals surface area contributed by atoms with E-state index >= 15 is 0 Å². The van der Waals surface area contributed by atoms with Crippen LogP contribution in [0.5, 0.6) is 0 Å². The molecular formula is C20H19N5O. The first kappa shape index (κ1) is 16.0. The minimum Gasteiger partial charge on any atom is -0.399 e. The molecule has 130 valence electrons. The Labute approximate surface area is 151 Å². The van der Waals surface area contributed by atoms with Crippen molar-refractivity contribution in [3.05, 3.63) is 78.0 Å². The Morgan fingerprint density at radius 1 is 1.23 bits per heavy atom. The molecule has 1 aliphatic heterocycles. The summed E-state index contributed by atoms with van der Waals surface area (Å²) in [6.45, 7) is 2.67. The zero-order valence-electron chi connectivity index (χ0n) is 14.4. The second-order valence-corrected chi connectivity index (χ2v) is 6.32. The molecule has 0 fully saturated rings. The lowest BCUT2D eigenvalue weighted by molar-refractivity contribution is -0.110. The fourth-order valence-electron chi connectivity index (χ4n) is 3.12. The number of nitrogen functional groups attached to an aromatic ring is 1. The van der Waals surface area contributed by atoms with E-state index in [4.69, 9.17) is 5.73 Å². The number of hydrogen-bond acceptors (Lipinski definition) is 4. The molecule has 3 aromatic rings. The molecule has 1 amide bonds. The van der Waals surface area contributed by atoms with E-state index in [1.54, 1.807) is 18.6 Å². The maximum Gasteiger partial charge on any atom is 0.258 e. The van der Waals surface area contributed by atoms with Crippen molar-refractivity contribution in [3.8, 4) is 0 Å². The summed E-state index contributed by atoms with van der Waals surface area (Å²) in [6.07, 6.45) is 5.49. The highest BCUT2D eigenvalue weighted by Gasteiger charge is 2.26. The van der Waals surface area contributed by atoms with Crippen LogP contribution in [0.4, 0.5) is 17.1 Å². The highest BCUT2D eigenvalue weighted by atomic mass is 16.2. The highest BCUT2D eigenvalue weighted by molar-refractivity contribution is 6.32. The minimum absolute atomic E-state index is 0.118. The van der Waals surface area contributed by atoms with Crippen LogP contribution in [-0.4, -0.2) is 15.5 Å². The van der Waals surface area contributed by atoms with Crippen molar-refractivity contribution >= 4 is 28.5 Å². The molecule has 0 radical (unpaired) electrons. The Balaban J connectivity index is 1.56. The number of nitrogens with zero attached hydrogens (tertiary/aromatic N) is 2. The standard InChI is InChI=1S/C20H19N5O/c1-13(19-17-10-15(21)4-7-18(17)24-20(19)26)23-16-5-2-14(3-6-16)11-25-9-8-22-12-25/h2-10,12,23H,11,21H2,1H3,(H,24,26). The number of rotatable bonds is 4. The van der Waals surface area contributed by atoms with Gasteiger partial charge in [0.15, 0.2) is 0 Å². The Bertz CT molecular complexity index is 988. The van der Waals surface area contributed by atoms with Crippen molar-refractivity contribution in [2.24, 2.45) is 0 Å². The van der Waals surface area contributed by atoms with Crippen molar-refractivity contribution in [2.45, 2.75) is 13.5 Å². The van der Waals surface area contributed by atoms with Crippen molar-refractivity contribution in [1.82, 2.24) is 9.55 Å². The number of nitrogens with one attached hydrogen (secondary N) is 2. The number of allylic oxidation sites excluding steroid dienone is 1. The average molecular weight is 345 g/mol. The summed E-state index contributed by atoms with van der Waals surface area (Å²) in [4.78, 5) is 16.4. The number of hydrogen-bond donors (Lipinski definition) is 3. The first-order valence-corrected chi connectivity index (χ1v) is 8.34. The summed E-state index contributed by atoms with van der Waals surface area (Å²) >= 11 is 0. The Morgan fingerprint density at radius 2 is 2.04 bits per heavy atom. The lowest BCUT2D eigenvalue weighted by atomic mass is 10.0. The number of imidazole rings is 1. The van der Waals surface area contributed by atoms with Gasteiger partial charge in [-0.3, -0.25) is 4.79 Å². The van der Waals surface area contributed by atoms with E-state index in [-0.39, 0.29) is 5.91 Å². The molecule has 4 rings (SSSR count). The second-order valence-electron chi connectivity index (χ2n) is 6.32. The number of anilines is 3. The van der Waals surface area contributed by atoms with E-state index in [9.17, 15) is 4.79 Å². The minimum atomic E-state index is -0.118. The largest absolute Gasteiger partial charge is 0.399 e. The lowest BCUT2D eigenvalue weighted by Crippen LogP contribution is -2.08. The summed E-state index contributed by atoms with van der Waals surface area (Å²) in [5, 5.41) is 6.19. The molecule has 0 spiro atoms. The van der Waals surface area contributed by atoms with Gasteiger partial charge in [-0.25, -0.2) is 4.98 Å². The molecule has 0 atom stereocenters. The number of carbonyl (C=O) groups excluding carboxylic acids is 1. The number of amides is 1. The zero-order valence-corrected chi connectivity index (χ0v) is 14.4. The monoisotopic (exact) mass is 345 g/mol. The maximum absolute atomic E-state index is 12.3. The summed E-state index contributed by atoms with van der Waals surface area (Å²) in [6, 6.07) is 13.5. The van der Waals surface area contributed by atoms with Gasteiger partial charge in [0, 0.05) is 47.3 Å². The van der Waals surface area contributed by atoms with Gasteiger partial charge in [0.05, 0.1) is 11.9 Å². The van der Waals surface area contributed by atoms with E-state index < -0.39 is 0 Å². The molecule has 0 saturated heterocycles. The van der Waals surface area contributed by atoms with Gasteiger partial charge in [0.1, 0.15) is 0 Å². The predicted molar refractivity (Wildman–Crippen MR) is 103 cm³/mol. The van der Waals surface area contributed by atoms with Crippen LogP contribution in [0.25, 0.3) is 5.57 Å². The molecule has 0 unspecified atom stereocenters. The third-order valence-electron chi connectivity index (χ3n) is 4.37. The van der Waals surface area contributed by atoms with Gasteiger partial charge < -0.3 is 20.9 Å². The third kappa shape index (κ3) is 3.04. The topological polar surface area (TPSA) is 85.0 Å². The van der Waals surface area contributed by atoms with Crippen LogP contribution in [0.3, 0.4) is 0 Å². The highest BCUT2D eigenvalue weighted by Crippen LogP contribution is 2.35. The summed E-state index contributed by atoms with van der Waals surface area (Å²) < 4.78 is 2.01. The van der Waals surface area contributed by atoms with Gasteiger partial charge >= 0.3 is 0 Å².